The average molecular weight is 1150 g/mol. The predicted molar refractivity (Wildman–Crippen MR) is 389 cm³/mol. The van der Waals surface area contributed by atoms with Gasteiger partial charge in [-0.25, -0.2) is 0 Å². The van der Waals surface area contributed by atoms with Crippen LogP contribution in [0.15, 0.2) is 376 Å². The Morgan fingerprint density at radius 1 is 0.167 bits per heavy atom. The van der Waals surface area contributed by atoms with Crippen LogP contribution in [0.3, 0.4) is 0 Å². The smallest absolute Gasteiger partial charge is 0.00135 e. The molecular weight excluding hydrogens is 1080 g/mol. The fraction of sp³-hybridized carbons (Fsp3) is 0.0444. The van der Waals surface area contributed by atoms with Gasteiger partial charge in [0.2, 0.25) is 0 Å². The van der Waals surface area contributed by atoms with E-state index in [1.54, 1.807) is 0 Å². The quantitative estimate of drug-likeness (QED) is 0.120. The van der Waals surface area contributed by atoms with Crippen molar-refractivity contribution in [3.05, 3.63) is 409 Å². The van der Waals surface area contributed by atoms with Crippen molar-refractivity contribution in [2.24, 2.45) is 0 Å². The molecule has 0 aliphatic heterocycles. The van der Waals surface area contributed by atoms with Crippen molar-refractivity contribution in [2.75, 3.05) is 0 Å². The lowest BCUT2D eigenvalue weighted by atomic mass is 9.99. The molecule has 0 saturated heterocycles. The molecule has 0 radical (unpaired) electrons. The van der Waals surface area contributed by atoms with Gasteiger partial charge < -0.3 is 0 Å². The zero-order valence-corrected chi connectivity index (χ0v) is 51.2. The number of benzene rings is 16. The van der Waals surface area contributed by atoms with Crippen LogP contribution >= 0.6 is 0 Å². The lowest BCUT2D eigenvalue weighted by Crippen LogP contribution is -1.80. The van der Waals surface area contributed by atoms with Gasteiger partial charge in [-0.1, -0.05) is 369 Å². The monoisotopic (exact) mass is 1150 g/mol. The Kier molecular flexibility index (Phi) is 19.4. The Bertz CT molecular complexity index is 4470. The van der Waals surface area contributed by atoms with Gasteiger partial charge in [0.1, 0.15) is 0 Å². The van der Waals surface area contributed by atoms with Gasteiger partial charge in [-0.05, 0) is 166 Å². The highest BCUT2D eigenvalue weighted by Gasteiger charge is 2.17. The van der Waals surface area contributed by atoms with E-state index in [9.17, 15) is 0 Å². The maximum atomic E-state index is 2.24. The SMILES string of the molecule is Cc1ccc(C)cc1.c1ccc(-c2cccc(-c3ccccc3)c2)cc1.c1ccc2c(c1)Cc1ccccc1-2.c1ccc2c(c1)Cc1ccccc1-2.c1ccc2c(c1)ccc1ccccc12.c1ccc2cc3ccccc3cc2c1.c1ccc2ccccc2c1. The third-order valence-electron chi connectivity index (χ3n) is 16.6. The summed E-state index contributed by atoms with van der Waals surface area (Å²) in [4.78, 5) is 0. The van der Waals surface area contributed by atoms with Gasteiger partial charge in [0, 0.05) is 0 Å². The normalized spacial score (nSPS) is 10.9. The summed E-state index contributed by atoms with van der Waals surface area (Å²) in [5.74, 6) is 0. The Morgan fingerprint density at radius 3 is 0.733 bits per heavy atom. The van der Waals surface area contributed by atoms with E-state index < -0.39 is 0 Å². The number of hydrogen-bond acceptors (Lipinski definition) is 0. The molecule has 432 valence electrons. The molecule has 0 amide bonds. The molecule has 0 saturated carbocycles. The largest absolute Gasteiger partial charge is 0.0622 e. The zero-order valence-electron chi connectivity index (χ0n) is 51.2. The highest BCUT2D eigenvalue weighted by Crippen LogP contribution is 2.37. The van der Waals surface area contributed by atoms with Crippen LogP contribution in [0.5, 0.6) is 0 Å². The Labute approximate surface area is 531 Å². The molecule has 0 N–H and O–H groups in total. The van der Waals surface area contributed by atoms with Crippen LogP contribution in [0.4, 0.5) is 0 Å². The van der Waals surface area contributed by atoms with Crippen LogP contribution in [-0.2, 0) is 12.8 Å². The second kappa shape index (κ2) is 29.5. The number of aryl methyl sites for hydroxylation is 2. The molecule has 0 heteroatoms. The standard InChI is InChI=1S/C18H14.2C14H10.2C13H10.C10H8.C8H10/c1-3-8-15(9-4-1)17-12-7-13-18(14-17)16-10-5-2-6-11-16;1-3-7-13-11(5-1)9-10-12-6-2-4-8-14(12)13;1-2-6-12-10-14-8-4-3-7-13(14)9-11(12)5-1;2*1-3-7-12-10(5-1)9-11-6-2-4-8-13(11)12;1-2-6-10-8-4-3-7-9(10)5-1;1-7-3-5-8(2)6-4-7/h1-14H;2*1-10H;2*1-8H,9H2;1-8H;3-6H,1-2H3. The molecule has 0 fully saturated rings. The van der Waals surface area contributed by atoms with Gasteiger partial charge in [0.15, 0.2) is 0 Å². The van der Waals surface area contributed by atoms with Crippen LogP contribution in [0, 0.1) is 13.8 Å². The van der Waals surface area contributed by atoms with Crippen LogP contribution in [-0.4, -0.2) is 0 Å². The Hall–Kier alpha value is -11.2. The van der Waals surface area contributed by atoms with Crippen LogP contribution < -0.4 is 0 Å². The van der Waals surface area contributed by atoms with Gasteiger partial charge in [0.05, 0.1) is 0 Å². The molecule has 0 spiro atoms. The predicted octanol–water partition coefficient (Wildman–Crippen LogP) is 24.7. The van der Waals surface area contributed by atoms with E-state index in [1.165, 1.54) is 132 Å². The van der Waals surface area contributed by atoms with E-state index in [1.807, 2.05) is 12.1 Å². The summed E-state index contributed by atoms with van der Waals surface area (Å²) < 4.78 is 0. The molecule has 0 atom stereocenters. The van der Waals surface area contributed by atoms with Crippen molar-refractivity contribution in [2.45, 2.75) is 26.7 Å². The van der Waals surface area contributed by atoms with Crippen LogP contribution in [0.1, 0.15) is 33.4 Å². The van der Waals surface area contributed by atoms with Crippen molar-refractivity contribution in [1.82, 2.24) is 0 Å². The fourth-order valence-corrected chi connectivity index (χ4v) is 11.9. The molecule has 0 heterocycles. The lowest BCUT2D eigenvalue weighted by molar-refractivity contribution is 1.26. The molecule has 18 rings (SSSR count). The van der Waals surface area contributed by atoms with Gasteiger partial charge in [0.25, 0.3) is 0 Å². The summed E-state index contributed by atoms with van der Waals surface area (Å²) in [6.45, 7) is 4.19. The van der Waals surface area contributed by atoms with E-state index in [4.69, 9.17) is 0 Å². The first-order valence-electron chi connectivity index (χ1n) is 31.2. The third kappa shape index (κ3) is 15.0. The van der Waals surface area contributed by atoms with E-state index in [0.717, 1.165) is 12.8 Å². The first-order chi connectivity index (χ1) is 44.5. The van der Waals surface area contributed by atoms with Crippen LogP contribution in [0.2, 0.25) is 0 Å². The summed E-state index contributed by atoms with van der Waals surface area (Å²) in [5, 5.41) is 13.2. The third-order valence-corrected chi connectivity index (χ3v) is 16.6. The lowest BCUT2D eigenvalue weighted by Gasteiger charge is -2.05. The molecule has 90 heavy (non-hydrogen) atoms. The van der Waals surface area contributed by atoms with E-state index in [0.29, 0.717) is 0 Å². The van der Waals surface area contributed by atoms with Crippen molar-refractivity contribution in [3.8, 4) is 44.5 Å². The molecule has 0 nitrogen and oxygen atoms in total. The zero-order chi connectivity index (χ0) is 61.1. The topological polar surface area (TPSA) is 0 Å². The van der Waals surface area contributed by atoms with E-state index in [-0.39, 0.29) is 0 Å². The van der Waals surface area contributed by atoms with E-state index in [2.05, 4.69) is 378 Å². The number of rotatable bonds is 2. The summed E-state index contributed by atoms with van der Waals surface area (Å²) >= 11 is 0. The molecule has 0 aromatic heterocycles. The maximum Gasteiger partial charge on any atom is -0.00135 e. The molecule has 2 aliphatic carbocycles. The highest BCUT2D eigenvalue weighted by atomic mass is 14.2. The summed E-state index contributed by atoms with van der Waals surface area (Å²) in [7, 11) is 0. The summed E-state index contributed by atoms with van der Waals surface area (Å²) in [6, 6.07) is 132. The minimum atomic E-state index is 1.10. The van der Waals surface area contributed by atoms with Gasteiger partial charge in [-0.15, -0.1) is 0 Å². The van der Waals surface area contributed by atoms with Gasteiger partial charge in [-0.3, -0.25) is 0 Å². The minimum Gasteiger partial charge on any atom is -0.0622 e. The summed E-state index contributed by atoms with van der Waals surface area (Å²) in [5.41, 5.74) is 19.2. The first-order valence-corrected chi connectivity index (χ1v) is 31.2. The molecule has 0 unspecified atom stereocenters. The fourth-order valence-electron chi connectivity index (χ4n) is 11.9. The Morgan fingerprint density at radius 2 is 0.411 bits per heavy atom. The van der Waals surface area contributed by atoms with Crippen molar-refractivity contribution >= 4 is 53.9 Å². The highest BCUT2D eigenvalue weighted by molar-refractivity contribution is 6.07. The van der Waals surface area contributed by atoms with E-state index >= 15 is 0 Å². The van der Waals surface area contributed by atoms with Gasteiger partial charge in [-0.2, -0.15) is 0 Å². The summed E-state index contributed by atoms with van der Waals surface area (Å²) in [6.07, 6.45) is 2.21. The maximum absolute atomic E-state index is 2.24. The minimum absolute atomic E-state index is 1.10. The number of hydrogen-bond donors (Lipinski definition) is 0. The first kappa shape index (κ1) is 59.2. The number of fused-ring (bicyclic) bond motifs is 12. The van der Waals surface area contributed by atoms with Crippen molar-refractivity contribution in [1.29, 1.82) is 0 Å². The second-order valence-electron chi connectivity index (χ2n) is 22.9. The van der Waals surface area contributed by atoms with Gasteiger partial charge >= 0.3 is 0 Å². The molecule has 2 aliphatic rings. The van der Waals surface area contributed by atoms with Crippen molar-refractivity contribution in [3.63, 3.8) is 0 Å². The Balaban J connectivity index is 0.000000103. The second-order valence-corrected chi connectivity index (χ2v) is 22.9. The molecular formula is C90H72. The van der Waals surface area contributed by atoms with Crippen molar-refractivity contribution < 1.29 is 0 Å². The molecule has 16 aromatic rings. The van der Waals surface area contributed by atoms with Crippen LogP contribution in [0.25, 0.3) is 98.4 Å². The molecule has 0 bridgehead atoms. The average Bonchev–Trinajstić information content (AvgIpc) is 1.87. The molecule has 16 aromatic carbocycles.